The summed E-state index contributed by atoms with van der Waals surface area (Å²) in [5.41, 5.74) is 6.69. The van der Waals surface area contributed by atoms with E-state index < -0.39 is 0 Å². The molecule has 1 aromatic carbocycles. The van der Waals surface area contributed by atoms with E-state index in [1.807, 2.05) is 30.5 Å². The van der Waals surface area contributed by atoms with Crippen molar-refractivity contribution in [1.29, 1.82) is 0 Å². The quantitative estimate of drug-likeness (QED) is 0.399. The largest absolute Gasteiger partial charge is 0.335 e. The number of H-pyrrole nitrogens is 2. The van der Waals surface area contributed by atoms with Gasteiger partial charge in [0.2, 0.25) is 0 Å². The topological polar surface area (TPSA) is 83.1 Å². The highest BCUT2D eigenvalue weighted by Gasteiger charge is 2.16. The van der Waals surface area contributed by atoms with E-state index in [2.05, 4.69) is 56.3 Å². The van der Waals surface area contributed by atoms with Crippen molar-refractivity contribution in [2.75, 3.05) is 0 Å². The van der Waals surface area contributed by atoms with Gasteiger partial charge in [-0.3, -0.25) is 10.1 Å². The Kier molecular flexibility index (Phi) is 3.75. The normalized spacial score (nSPS) is 11.5. The molecule has 0 unspecified atom stereocenters. The van der Waals surface area contributed by atoms with E-state index in [-0.39, 0.29) is 0 Å². The van der Waals surface area contributed by atoms with E-state index in [0.717, 1.165) is 38.8 Å². The highest BCUT2D eigenvalue weighted by molar-refractivity contribution is 7.15. The second-order valence-corrected chi connectivity index (χ2v) is 8.41. The van der Waals surface area contributed by atoms with Crippen LogP contribution >= 0.6 is 11.3 Å². The number of hydrogen-bond donors (Lipinski definition) is 2. The van der Waals surface area contributed by atoms with Crippen molar-refractivity contribution in [3.05, 3.63) is 72.0 Å². The smallest absolute Gasteiger partial charge is 0.178 e. The molecule has 6 rings (SSSR count). The summed E-state index contributed by atoms with van der Waals surface area (Å²) in [7, 11) is 0. The van der Waals surface area contributed by atoms with Gasteiger partial charge in [0.05, 0.1) is 11.0 Å². The molecule has 0 saturated carbocycles. The van der Waals surface area contributed by atoms with Crippen LogP contribution in [0.2, 0.25) is 0 Å². The highest BCUT2D eigenvalue weighted by atomic mass is 32.1. The van der Waals surface area contributed by atoms with Gasteiger partial charge >= 0.3 is 0 Å². The molecule has 6 aromatic rings. The Balaban J connectivity index is 1.52. The van der Waals surface area contributed by atoms with Gasteiger partial charge in [0, 0.05) is 39.3 Å². The molecule has 0 atom stereocenters. The molecule has 0 aliphatic heterocycles. The summed E-state index contributed by atoms with van der Waals surface area (Å²) in [6, 6.07) is 16.6. The Morgan fingerprint density at radius 1 is 0.900 bits per heavy atom. The van der Waals surface area contributed by atoms with Crippen LogP contribution in [0.4, 0.5) is 0 Å². The number of aromatic nitrogens is 6. The first-order valence-electron chi connectivity index (χ1n) is 9.57. The lowest BCUT2D eigenvalue weighted by Gasteiger charge is -2.01. The molecule has 0 spiro atoms. The number of benzene rings is 1. The van der Waals surface area contributed by atoms with Gasteiger partial charge in [-0.1, -0.05) is 6.07 Å². The molecular weight excluding hydrogens is 392 g/mol. The summed E-state index contributed by atoms with van der Waals surface area (Å²) in [5.74, 6) is 0.705. The number of hydrogen-bond acceptors (Lipinski definition) is 5. The number of aryl methyl sites for hydroxylation is 1. The molecule has 0 bridgehead atoms. The van der Waals surface area contributed by atoms with Gasteiger partial charge in [-0.2, -0.15) is 5.10 Å². The average Bonchev–Trinajstić information content (AvgIpc) is 3.51. The van der Waals surface area contributed by atoms with Crippen LogP contribution in [-0.2, 0) is 0 Å². The van der Waals surface area contributed by atoms with Crippen molar-refractivity contribution in [2.24, 2.45) is 0 Å². The summed E-state index contributed by atoms with van der Waals surface area (Å²) >= 11 is 1.76. The van der Waals surface area contributed by atoms with Gasteiger partial charge in [-0.05, 0) is 60.5 Å². The molecule has 0 aliphatic carbocycles. The van der Waals surface area contributed by atoms with Gasteiger partial charge in [0.15, 0.2) is 11.5 Å². The molecule has 0 radical (unpaired) electrons. The SMILES string of the molecule is Cc1ccc(-c2ccnc3nc(-c4n[nH]c5ccc(-c6ccncc6)cc45)[nH]c23)s1. The molecule has 0 saturated heterocycles. The molecule has 0 aliphatic rings. The van der Waals surface area contributed by atoms with Gasteiger partial charge in [0.1, 0.15) is 5.69 Å². The van der Waals surface area contributed by atoms with Gasteiger partial charge in [-0.25, -0.2) is 9.97 Å². The lowest BCUT2D eigenvalue weighted by Crippen LogP contribution is -1.83. The predicted molar refractivity (Wildman–Crippen MR) is 120 cm³/mol. The van der Waals surface area contributed by atoms with E-state index in [9.17, 15) is 0 Å². The zero-order valence-corrected chi connectivity index (χ0v) is 16.9. The molecule has 0 amide bonds. The first kappa shape index (κ1) is 17.1. The Bertz CT molecular complexity index is 1510. The number of pyridine rings is 2. The van der Waals surface area contributed by atoms with E-state index in [1.54, 1.807) is 23.7 Å². The van der Waals surface area contributed by atoms with E-state index in [0.29, 0.717) is 11.5 Å². The summed E-state index contributed by atoms with van der Waals surface area (Å²) in [4.78, 5) is 19.3. The highest BCUT2D eigenvalue weighted by Crippen LogP contribution is 2.34. The lowest BCUT2D eigenvalue weighted by molar-refractivity contribution is 1.10. The Morgan fingerprint density at radius 3 is 2.63 bits per heavy atom. The number of rotatable bonds is 3. The molecule has 0 fully saturated rings. The number of thiophene rings is 1. The Labute approximate surface area is 175 Å². The standard InChI is InChI=1S/C23H16N6S/c1-13-2-5-19(30-13)16-8-11-25-22-20(16)26-23(27-22)21-17-12-15(3-4-18(17)28-29-21)14-6-9-24-10-7-14/h2-12H,1H3,(H,28,29)(H,25,26,27). The van der Waals surface area contributed by atoms with Crippen LogP contribution in [0.5, 0.6) is 0 Å². The summed E-state index contributed by atoms with van der Waals surface area (Å²) in [5, 5.41) is 8.68. The van der Waals surface area contributed by atoms with Crippen molar-refractivity contribution in [2.45, 2.75) is 6.92 Å². The molecule has 7 heteroatoms. The zero-order chi connectivity index (χ0) is 20.1. The second kappa shape index (κ2) is 6.60. The third kappa shape index (κ3) is 2.71. The molecule has 5 aromatic heterocycles. The number of imidazole rings is 1. The molecule has 2 N–H and O–H groups in total. The summed E-state index contributed by atoms with van der Waals surface area (Å²) in [6.45, 7) is 2.11. The average molecular weight is 408 g/mol. The summed E-state index contributed by atoms with van der Waals surface area (Å²) < 4.78 is 0. The Hall–Kier alpha value is -3.84. The third-order valence-corrected chi connectivity index (χ3v) is 6.23. The fourth-order valence-corrected chi connectivity index (χ4v) is 4.63. The maximum absolute atomic E-state index is 4.75. The van der Waals surface area contributed by atoms with Crippen LogP contribution in [0.15, 0.2) is 67.1 Å². The minimum Gasteiger partial charge on any atom is -0.335 e. The van der Waals surface area contributed by atoms with Crippen molar-refractivity contribution in [3.63, 3.8) is 0 Å². The van der Waals surface area contributed by atoms with Crippen LogP contribution in [0, 0.1) is 6.92 Å². The van der Waals surface area contributed by atoms with E-state index in [4.69, 9.17) is 4.98 Å². The number of fused-ring (bicyclic) bond motifs is 2. The van der Waals surface area contributed by atoms with E-state index in [1.165, 1.54) is 9.75 Å². The number of nitrogens with zero attached hydrogens (tertiary/aromatic N) is 4. The van der Waals surface area contributed by atoms with E-state index >= 15 is 0 Å². The second-order valence-electron chi connectivity index (χ2n) is 7.12. The predicted octanol–water partition coefficient (Wildman–Crippen LogP) is 5.60. The Morgan fingerprint density at radius 2 is 1.80 bits per heavy atom. The van der Waals surface area contributed by atoms with Gasteiger partial charge in [0.25, 0.3) is 0 Å². The molecule has 5 heterocycles. The monoisotopic (exact) mass is 408 g/mol. The number of aromatic amines is 2. The van der Waals surface area contributed by atoms with Crippen LogP contribution in [-0.4, -0.2) is 30.1 Å². The maximum atomic E-state index is 4.75. The van der Waals surface area contributed by atoms with Crippen LogP contribution < -0.4 is 0 Å². The van der Waals surface area contributed by atoms with Gasteiger partial charge in [-0.15, -0.1) is 11.3 Å². The zero-order valence-electron chi connectivity index (χ0n) is 16.0. The maximum Gasteiger partial charge on any atom is 0.178 e. The van der Waals surface area contributed by atoms with Crippen molar-refractivity contribution in [3.8, 4) is 33.1 Å². The minimum atomic E-state index is 0.690. The van der Waals surface area contributed by atoms with Crippen molar-refractivity contribution >= 4 is 33.4 Å². The van der Waals surface area contributed by atoms with Crippen molar-refractivity contribution in [1.82, 2.24) is 30.1 Å². The molecule has 6 nitrogen and oxygen atoms in total. The summed E-state index contributed by atoms with van der Waals surface area (Å²) in [6.07, 6.45) is 5.41. The van der Waals surface area contributed by atoms with Crippen LogP contribution in [0.3, 0.4) is 0 Å². The number of nitrogens with one attached hydrogen (secondary N) is 2. The van der Waals surface area contributed by atoms with Crippen LogP contribution in [0.25, 0.3) is 55.2 Å². The third-order valence-electron chi connectivity index (χ3n) is 5.20. The minimum absolute atomic E-state index is 0.690. The fourth-order valence-electron chi connectivity index (χ4n) is 3.73. The van der Waals surface area contributed by atoms with Crippen molar-refractivity contribution < 1.29 is 0 Å². The molecular formula is C23H16N6S. The van der Waals surface area contributed by atoms with Gasteiger partial charge < -0.3 is 4.98 Å². The lowest BCUT2D eigenvalue weighted by atomic mass is 10.0. The molecule has 144 valence electrons. The molecule has 30 heavy (non-hydrogen) atoms. The first-order chi connectivity index (χ1) is 14.8. The fraction of sp³-hybridized carbons (Fsp3) is 0.0435. The van der Waals surface area contributed by atoms with Crippen LogP contribution in [0.1, 0.15) is 4.88 Å². The first-order valence-corrected chi connectivity index (χ1v) is 10.4.